The lowest BCUT2D eigenvalue weighted by Crippen LogP contribution is -2.46. The van der Waals surface area contributed by atoms with Gasteiger partial charge in [-0.1, -0.05) is 59.1 Å². The third kappa shape index (κ3) is 7.21. The van der Waals surface area contributed by atoms with Crippen LogP contribution >= 0.6 is 34.8 Å². The molecule has 1 aliphatic heterocycles. The minimum Gasteiger partial charge on any atom is -0.492 e. The number of aromatic amines is 1. The Morgan fingerprint density at radius 1 is 1.00 bits per heavy atom. The number of amides is 2. The van der Waals surface area contributed by atoms with Gasteiger partial charge in [-0.05, 0) is 53.9 Å². The first kappa shape index (κ1) is 29.0. The SMILES string of the molecule is NC(=O)[C@H](Cc1ccc(Cl)cc1)NC(=O)c1cccc2c1OCCC2NC(Cc1cc(Cl)cc(Cl)c1)c1cnc[nH]1. The number of nitrogens with zero attached hydrogens (tertiary/aromatic N) is 1. The van der Waals surface area contributed by atoms with E-state index in [0.29, 0.717) is 45.8 Å². The fourth-order valence-corrected chi connectivity index (χ4v) is 5.71. The van der Waals surface area contributed by atoms with Gasteiger partial charge in [0.1, 0.15) is 11.8 Å². The zero-order valence-corrected chi connectivity index (χ0v) is 24.1. The van der Waals surface area contributed by atoms with Gasteiger partial charge in [0.15, 0.2) is 0 Å². The van der Waals surface area contributed by atoms with Gasteiger partial charge >= 0.3 is 0 Å². The van der Waals surface area contributed by atoms with Crippen LogP contribution in [0.25, 0.3) is 0 Å². The van der Waals surface area contributed by atoms with Crippen LogP contribution in [0.2, 0.25) is 15.1 Å². The van der Waals surface area contributed by atoms with Crippen molar-refractivity contribution in [1.29, 1.82) is 0 Å². The van der Waals surface area contributed by atoms with Crippen molar-refractivity contribution in [1.82, 2.24) is 20.6 Å². The Balaban J connectivity index is 1.37. The van der Waals surface area contributed by atoms with Crippen LogP contribution in [0.15, 0.2) is 73.2 Å². The van der Waals surface area contributed by atoms with Crippen LogP contribution in [0, 0.1) is 0 Å². The average molecular weight is 613 g/mol. The summed E-state index contributed by atoms with van der Waals surface area (Å²) in [7, 11) is 0. The van der Waals surface area contributed by atoms with Gasteiger partial charge in [-0.15, -0.1) is 0 Å². The molecule has 4 aromatic rings. The van der Waals surface area contributed by atoms with Crippen molar-refractivity contribution in [3.05, 3.63) is 116 Å². The quantitative estimate of drug-likeness (QED) is 0.186. The minimum absolute atomic E-state index is 0.129. The topological polar surface area (TPSA) is 122 Å². The van der Waals surface area contributed by atoms with Gasteiger partial charge in [0.25, 0.3) is 5.91 Å². The number of hydrogen-bond donors (Lipinski definition) is 4. The van der Waals surface area contributed by atoms with Crippen molar-refractivity contribution < 1.29 is 14.3 Å². The number of hydrogen-bond acceptors (Lipinski definition) is 5. The molecule has 0 bridgehead atoms. The molecular weight excluding hydrogens is 585 g/mol. The second-order valence-electron chi connectivity index (χ2n) is 9.88. The highest BCUT2D eigenvalue weighted by Gasteiger charge is 2.30. The van der Waals surface area contributed by atoms with E-state index in [2.05, 4.69) is 20.6 Å². The molecule has 3 atom stereocenters. The molecule has 2 amide bonds. The smallest absolute Gasteiger partial charge is 0.255 e. The van der Waals surface area contributed by atoms with Crippen LogP contribution in [0.5, 0.6) is 5.75 Å². The number of carbonyl (C=O) groups excluding carboxylic acids is 2. The van der Waals surface area contributed by atoms with Gasteiger partial charge in [-0.3, -0.25) is 9.59 Å². The number of nitrogens with two attached hydrogens (primary N) is 1. The predicted molar refractivity (Wildman–Crippen MR) is 160 cm³/mol. The summed E-state index contributed by atoms with van der Waals surface area (Å²) in [4.78, 5) is 33.0. The predicted octanol–water partition coefficient (Wildman–Crippen LogP) is 5.59. The van der Waals surface area contributed by atoms with Crippen LogP contribution in [0.1, 0.15) is 51.2 Å². The van der Waals surface area contributed by atoms with E-state index in [4.69, 9.17) is 45.3 Å². The molecule has 0 spiro atoms. The largest absolute Gasteiger partial charge is 0.492 e. The van der Waals surface area contributed by atoms with Crippen molar-refractivity contribution in [2.45, 2.75) is 37.4 Å². The number of imidazole rings is 1. The molecule has 5 N–H and O–H groups in total. The molecule has 0 saturated heterocycles. The van der Waals surface area contributed by atoms with Gasteiger partial charge in [-0.25, -0.2) is 4.98 Å². The molecule has 0 radical (unpaired) electrons. The highest BCUT2D eigenvalue weighted by Crippen LogP contribution is 2.37. The number of fused-ring (bicyclic) bond motifs is 1. The van der Waals surface area contributed by atoms with Crippen LogP contribution < -0.4 is 21.1 Å². The molecule has 1 aliphatic rings. The minimum atomic E-state index is -0.911. The summed E-state index contributed by atoms with van der Waals surface area (Å²) in [5.74, 6) is -0.612. The number of aromatic nitrogens is 2. The van der Waals surface area contributed by atoms with E-state index in [9.17, 15) is 9.59 Å². The van der Waals surface area contributed by atoms with E-state index >= 15 is 0 Å². The van der Waals surface area contributed by atoms with E-state index in [1.165, 1.54) is 0 Å². The van der Waals surface area contributed by atoms with E-state index in [1.807, 2.05) is 18.2 Å². The maximum absolute atomic E-state index is 13.4. The standard InChI is InChI=1S/C30H28Cl3N5O3/c31-19-6-4-17(5-7-19)12-26(29(34)39)38-30(40)23-3-1-2-22-24(8-9-41-28(22)23)37-25(27-15-35-16-36-27)13-18-10-20(32)14-21(33)11-18/h1-7,10-11,14-16,24-26,37H,8-9,12-13H2,(H2,34,39)(H,35,36)(H,38,40)/t24?,25?,26-/m0/s1. The molecule has 8 nitrogen and oxygen atoms in total. The van der Waals surface area contributed by atoms with Gasteiger partial charge in [0.05, 0.1) is 30.2 Å². The number of benzene rings is 3. The Bertz CT molecular complexity index is 1510. The molecule has 212 valence electrons. The first-order valence-electron chi connectivity index (χ1n) is 13.1. The molecule has 11 heteroatoms. The van der Waals surface area contributed by atoms with Gasteiger partial charge in [0, 0.05) is 45.7 Å². The normalized spacial score (nSPS) is 15.8. The molecule has 2 heterocycles. The highest BCUT2D eigenvalue weighted by atomic mass is 35.5. The lowest BCUT2D eigenvalue weighted by molar-refractivity contribution is -0.119. The molecule has 0 aliphatic carbocycles. The van der Waals surface area contributed by atoms with E-state index < -0.39 is 17.9 Å². The third-order valence-electron chi connectivity index (χ3n) is 6.98. The first-order chi connectivity index (χ1) is 19.8. The molecule has 3 aromatic carbocycles. The summed E-state index contributed by atoms with van der Waals surface area (Å²) < 4.78 is 6.01. The summed E-state index contributed by atoms with van der Waals surface area (Å²) in [6.07, 6.45) is 4.92. The van der Waals surface area contributed by atoms with Crippen molar-refractivity contribution in [2.24, 2.45) is 5.73 Å². The number of carbonyl (C=O) groups is 2. The zero-order valence-electron chi connectivity index (χ0n) is 21.9. The summed E-state index contributed by atoms with van der Waals surface area (Å²) >= 11 is 18.5. The maximum atomic E-state index is 13.4. The fraction of sp³-hybridized carbons (Fsp3) is 0.233. The van der Waals surface area contributed by atoms with Crippen LogP contribution in [0.4, 0.5) is 0 Å². The van der Waals surface area contributed by atoms with Crippen molar-refractivity contribution in [3.63, 3.8) is 0 Å². The lowest BCUT2D eigenvalue weighted by atomic mass is 9.94. The van der Waals surface area contributed by atoms with Gasteiger partial charge in [0.2, 0.25) is 5.91 Å². The fourth-order valence-electron chi connectivity index (χ4n) is 5.01. The average Bonchev–Trinajstić information content (AvgIpc) is 3.48. The Labute approximate surface area is 252 Å². The third-order valence-corrected chi connectivity index (χ3v) is 7.67. The molecule has 5 rings (SSSR count). The monoisotopic (exact) mass is 611 g/mol. The number of H-pyrrole nitrogens is 1. The van der Waals surface area contributed by atoms with Crippen molar-refractivity contribution in [2.75, 3.05) is 6.61 Å². The molecular formula is C30H28Cl3N5O3. The molecule has 0 fully saturated rings. The van der Waals surface area contributed by atoms with Crippen molar-refractivity contribution in [3.8, 4) is 5.75 Å². The number of para-hydroxylation sites is 1. The van der Waals surface area contributed by atoms with Crippen LogP contribution in [-0.2, 0) is 17.6 Å². The first-order valence-corrected chi connectivity index (χ1v) is 14.2. The summed E-state index contributed by atoms with van der Waals surface area (Å²) in [6, 6.07) is 16.7. The Kier molecular flexibility index (Phi) is 9.15. The lowest BCUT2D eigenvalue weighted by Gasteiger charge is -2.31. The van der Waals surface area contributed by atoms with Gasteiger partial charge < -0.3 is 26.1 Å². The second-order valence-corrected chi connectivity index (χ2v) is 11.2. The molecule has 1 aromatic heterocycles. The number of nitrogens with one attached hydrogen (secondary N) is 3. The molecule has 2 unspecified atom stereocenters. The van der Waals surface area contributed by atoms with E-state index in [1.54, 1.807) is 55.0 Å². The van der Waals surface area contributed by atoms with E-state index in [0.717, 1.165) is 22.4 Å². The second kappa shape index (κ2) is 13.0. The number of rotatable bonds is 10. The Morgan fingerprint density at radius 2 is 1.76 bits per heavy atom. The zero-order chi connectivity index (χ0) is 28.9. The summed E-state index contributed by atoms with van der Waals surface area (Å²) in [5, 5.41) is 8.20. The Morgan fingerprint density at radius 3 is 2.44 bits per heavy atom. The van der Waals surface area contributed by atoms with Crippen LogP contribution in [0.3, 0.4) is 0 Å². The Hall–Kier alpha value is -3.56. The van der Waals surface area contributed by atoms with Gasteiger partial charge in [-0.2, -0.15) is 0 Å². The number of ether oxygens (including phenoxy) is 1. The highest BCUT2D eigenvalue weighted by molar-refractivity contribution is 6.34. The summed E-state index contributed by atoms with van der Waals surface area (Å²) in [6.45, 7) is 0.400. The molecule has 0 saturated carbocycles. The van der Waals surface area contributed by atoms with Crippen molar-refractivity contribution >= 4 is 46.6 Å². The van der Waals surface area contributed by atoms with E-state index in [-0.39, 0.29) is 18.5 Å². The number of halogens is 3. The summed E-state index contributed by atoms with van der Waals surface area (Å²) in [5.41, 5.74) is 9.49. The number of primary amides is 1. The van der Waals surface area contributed by atoms with Crippen LogP contribution in [-0.4, -0.2) is 34.4 Å². The molecule has 41 heavy (non-hydrogen) atoms. The maximum Gasteiger partial charge on any atom is 0.255 e.